The van der Waals surface area contributed by atoms with Crippen molar-refractivity contribution in [3.05, 3.63) is 57.6 Å². The Hall–Kier alpha value is -2.10. The number of ether oxygens (including phenoxy) is 2. The lowest BCUT2D eigenvalue weighted by Crippen LogP contribution is -2.52. The van der Waals surface area contributed by atoms with Crippen LogP contribution in [0.1, 0.15) is 75.8 Å². The molecule has 2 aromatic rings. The number of benzene rings is 1. The fraction of sp³-hybridized carbons (Fsp3) is 0.606. The summed E-state index contributed by atoms with van der Waals surface area (Å²) in [6.07, 6.45) is 5.13. The lowest BCUT2D eigenvalue weighted by molar-refractivity contribution is -0.139. The minimum absolute atomic E-state index is 0.0282. The van der Waals surface area contributed by atoms with Gasteiger partial charge in [0.2, 0.25) is 5.91 Å². The third kappa shape index (κ3) is 4.92. The monoisotopic (exact) mass is 632 g/mol. The quantitative estimate of drug-likeness (QED) is 0.354. The molecule has 2 aliphatic carbocycles. The van der Waals surface area contributed by atoms with E-state index in [9.17, 15) is 14.7 Å². The van der Waals surface area contributed by atoms with E-state index in [1.54, 1.807) is 25.3 Å². The molecule has 6 rings (SSSR count). The molecule has 2 N–H and O–H groups in total. The van der Waals surface area contributed by atoms with Crippen LogP contribution in [-0.4, -0.2) is 54.3 Å². The van der Waals surface area contributed by atoms with Gasteiger partial charge in [-0.25, -0.2) is 9.37 Å². The summed E-state index contributed by atoms with van der Waals surface area (Å²) in [5.74, 6) is -2.51. The van der Waals surface area contributed by atoms with Crippen LogP contribution >= 0.6 is 23.2 Å². The number of Topliss-reactive ketones (excluding diaryl/α,β-unsaturated/α-hetero) is 1. The predicted molar refractivity (Wildman–Crippen MR) is 162 cm³/mol. The number of anilines is 1. The van der Waals surface area contributed by atoms with Gasteiger partial charge in [-0.1, -0.05) is 43.1 Å². The van der Waals surface area contributed by atoms with Gasteiger partial charge in [-0.3, -0.25) is 9.59 Å². The summed E-state index contributed by atoms with van der Waals surface area (Å²) in [5, 5.41) is 13.0. The molecule has 3 fully saturated rings. The molecule has 4 aliphatic rings. The summed E-state index contributed by atoms with van der Waals surface area (Å²) in [6.45, 7) is 4.63. The first kappa shape index (κ1) is 30.9. The molecule has 2 spiro atoms. The van der Waals surface area contributed by atoms with Crippen molar-refractivity contribution >= 4 is 40.6 Å². The third-order valence-electron chi connectivity index (χ3n) is 11.0. The van der Waals surface area contributed by atoms with Gasteiger partial charge in [-0.15, -0.1) is 0 Å². The largest absolute Gasteiger partial charge is 0.394 e. The number of pyridine rings is 1. The van der Waals surface area contributed by atoms with Crippen LogP contribution < -0.4 is 5.32 Å². The first-order valence-electron chi connectivity index (χ1n) is 15.2. The van der Waals surface area contributed by atoms with Crippen LogP contribution in [0.15, 0.2) is 30.5 Å². The Bertz CT molecular complexity index is 1430. The van der Waals surface area contributed by atoms with Gasteiger partial charge >= 0.3 is 0 Å². The smallest absolute Gasteiger partial charge is 0.236 e. The normalized spacial score (nSPS) is 32.6. The van der Waals surface area contributed by atoms with Crippen LogP contribution in [-0.2, 0) is 24.5 Å². The molecular weight excluding hydrogens is 594 g/mol. The lowest BCUT2D eigenvalue weighted by Gasteiger charge is -2.51. The van der Waals surface area contributed by atoms with Crippen LogP contribution in [0, 0.1) is 28.5 Å². The van der Waals surface area contributed by atoms with E-state index in [1.165, 1.54) is 6.20 Å². The zero-order valence-electron chi connectivity index (χ0n) is 24.8. The Balaban J connectivity index is 1.49. The Kier molecular flexibility index (Phi) is 8.17. The number of rotatable bonds is 6. The van der Waals surface area contributed by atoms with Gasteiger partial charge in [0.15, 0.2) is 11.0 Å². The number of fused-ring (bicyclic) bond motifs is 3. The van der Waals surface area contributed by atoms with Crippen molar-refractivity contribution in [3.63, 3.8) is 0 Å². The third-order valence-corrected chi connectivity index (χ3v) is 11.5. The Morgan fingerprint density at radius 1 is 1.21 bits per heavy atom. The number of halogens is 3. The van der Waals surface area contributed by atoms with E-state index in [0.29, 0.717) is 30.2 Å². The molecule has 43 heavy (non-hydrogen) atoms. The second-order valence-corrected chi connectivity index (χ2v) is 14.6. The number of aromatic nitrogens is 1. The molecule has 232 valence electrons. The van der Waals surface area contributed by atoms with E-state index in [-0.39, 0.29) is 52.9 Å². The molecule has 2 aliphatic heterocycles. The molecular formula is C33H39Cl2FN2O5. The number of aliphatic hydroxyl groups is 1. The molecule has 1 amide bonds. The topological polar surface area (TPSA) is 97.8 Å². The Morgan fingerprint density at radius 3 is 2.65 bits per heavy atom. The molecule has 10 heteroatoms. The summed E-state index contributed by atoms with van der Waals surface area (Å²) in [5.41, 5.74) is -0.0770. The van der Waals surface area contributed by atoms with Crippen molar-refractivity contribution in [3.8, 4) is 0 Å². The first-order valence-corrected chi connectivity index (χ1v) is 15.9. The number of nitrogens with one attached hydrogen (secondary N) is 1. The molecule has 7 nitrogen and oxygen atoms in total. The molecule has 2 saturated carbocycles. The van der Waals surface area contributed by atoms with E-state index in [4.69, 9.17) is 32.7 Å². The summed E-state index contributed by atoms with van der Waals surface area (Å²) in [7, 11) is 1.57. The molecule has 0 radical (unpaired) electrons. The van der Waals surface area contributed by atoms with Crippen molar-refractivity contribution in [1.29, 1.82) is 0 Å². The number of hydrogen-bond donors (Lipinski definition) is 2. The molecule has 1 saturated heterocycles. The van der Waals surface area contributed by atoms with Crippen LogP contribution in [0.25, 0.3) is 0 Å². The number of ketones is 1. The van der Waals surface area contributed by atoms with E-state index in [1.807, 2.05) is 6.07 Å². The molecule has 1 aromatic heterocycles. The molecule has 6 atom stereocenters. The van der Waals surface area contributed by atoms with Gasteiger partial charge in [-0.05, 0) is 84.6 Å². The highest BCUT2D eigenvalue weighted by molar-refractivity contribution is 6.31. The van der Waals surface area contributed by atoms with Crippen LogP contribution in [0.2, 0.25) is 10.2 Å². The Morgan fingerprint density at radius 2 is 1.95 bits per heavy atom. The fourth-order valence-electron chi connectivity index (χ4n) is 8.81. The van der Waals surface area contributed by atoms with Crippen molar-refractivity contribution < 1.29 is 28.6 Å². The number of methoxy groups -OCH3 is 1. The zero-order valence-corrected chi connectivity index (χ0v) is 26.3. The van der Waals surface area contributed by atoms with Crippen LogP contribution in [0.5, 0.6) is 0 Å². The van der Waals surface area contributed by atoms with E-state index in [2.05, 4.69) is 24.1 Å². The minimum atomic E-state index is -1.20. The van der Waals surface area contributed by atoms with Crippen molar-refractivity contribution in [2.24, 2.45) is 22.7 Å². The number of carbonyl (C=O) groups is 2. The van der Waals surface area contributed by atoms with Gasteiger partial charge in [0.25, 0.3) is 0 Å². The van der Waals surface area contributed by atoms with Crippen molar-refractivity contribution in [2.75, 3.05) is 25.6 Å². The number of hydrogen-bond acceptors (Lipinski definition) is 6. The highest BCUT2D eigenvalue weighted by atomic mass is 35.5. The van der Waals surface area contributed by atoms with Gasteiger partial charge in [-0.2, -0.15) is 0 Å². The fourth-order valence-corrected chi connectivity index (χ4v) is 9.15. The minimum Gasteiger partial charge on any atom is -0.394 e. The second kappa shape index (κ2) is 11.4. The van der Waals surface area contributed by atoms with Gasteiger partial charge in [0.05, 0.1) is 24.7 Å². The zero-order chi connectivity index (χ0) is 30.7. The summed E-state index contributed by atoms with van der Waals surface area (Å²) in [6, 6.07) is 6.98. The molecule has 0 unspecified atom stereocenters. The van der Waals surface area contributed by atoms with Gasteiger partial charge in [0.1, 0.15) is 11.9 Å². The number of carbonyl (C=O) groups excluding carboxylic acids is 2. The average molecular weight is 634 g/mol. The van der Waals surface area contributed by atoms with Crippen LogP contribution in [0.3, 0.4) is 0 Å². The maximum Gasteiger partial charge on any atom is 0.236 e. The number of nitrogens with zero attached hydrogens (tertiary/aromatic N) is 1. The standard InChI is InChI=1S/C33H39Cl2FN2O5/c1-31(2)7-9-32(10-8-31)15-21(24(40)12-18-13-25(42-3)26(16-39)43-17-18)27(20-6-11-37-29(35)28(20)36)33(32)22-5-4-19(34)14-23(22)38-30(33)41/h4-6,11,14,18,21,25-27,39H,7-10,12-13,15-17H2,1-3H3,(H,38,41)/t18-,21+,25+,26-,27+,33-/m1/s1. The lowest BCUT2D eigenvalue weighted by atomic mass is 9.51. The van der Waals surface area contributed by atoms with Gasteiger partial charge < -0.3 is 19.9 Å². The number of aliphatic hydroxyl groups excluding tert-OH is 1. The van der Waals surface area contributed by atoms with E-state index in [0.717, 1.165) is 31.2 Å². The maximum absolute atomic E-state index is 16.1. The van der Waals surface area contributed by atoms with Crippen molar-refractivity contribution in [1.82, 2.24) is 4.98 Å². The highest BCUT2D eigenvalue weighted by Crippen LogP contribution is 2.72. The van der Waals surface area contributed by atoms with E-state index >= 15 is 4.39 Å². The summed E-state index contributed by atoms with van der Waals surface area (Å²) in [4.78, 5) is 33.1. The maximum atomic E-state index is 16.1. The number of amides is 1. The van der Waals surface area contributed by atoms with Gasteiger partial charge in [0, 0.05) is 42.3 Å². The summed E-state index contributed by atoms with van der Waals surface area (Å²) < 4.78 is 27.5. The molecule has 0 bridgehead atoms. The second-order valence-electron chi connectivity index (χ2n) is 13.8. The Labute approximate surface area is 261 Å². The molecule has 3 heterocycles. The summed E-state index contributed by atoms with van der Waals surface area (Å²) >= 11 is 12.6. The van der Waals surface area contributed by atoms with Crippen molar-refractivity contribution in [2.45, 2.75) is 82.3 Å². The first-order chi connectivity index (χ1) is 20.5. The van der Waals surface area contributed by atoms with Crippen LogP contribution in [0.4, 0.5) is 10.1 Å². The highest BCUT2D eigenvalue weighted by Gasteiger charge is 2.72. The average Bonchev–Trinajstić information content (AvgIpc) is 3.44. The molecule has 1 aromatic carbocycles. The SMILES string of the molecule is CO[C@H]1C[C@@H](CC(=O)[C@@H]2CC3(CCC(C)(C)CC3)[C@@]3(C(=O)Nc4cc(Cl)ccc43)[C@H]2c2ccnc(Cl)c2F)CO[C@@H]1CO. The predicted octanol–water partition coefficient (Wildman–Crippen LogP) is 6.48. The van der Waals surface area contributed by atoms with E-state index < -0.39 is 34.6 Å².